The standard InChI is InChI=1S/C15H29BN2/c1-9-16(10-2)18-13(15(6,7)8)11-12(17-18)14(3,4)5/h11H,9-10H2,1-8H3. The summed E-state index contributed by atoms with van der Waals surface area (Å²) in [6.07, 6.45) is 2.29. The highest BCUT2D eigenvalue weighted by atomic mass is 15.2. The zero-order valence-corrected chi connectivity index (χ0v) is 13.5. The first-order chi connectivity index (χ1) is 8.11. The molecule has 0 unspecified atom stereocenters. The molecule has 1 rings (SSSR count). The Morgan fingerprint density at radius 3 is 1.83 bits per heavy atom. The molecule has 0 saturated carbocycles. The maximum Gasteiger partial charge on any atom is 0.283 e. The second kappa shape index (κ2) is 5.10. The van der Waals surface area contributed by atoms with Crippen LogP contribution in [0.15, 0.2) is 6.07 Å². The third-order valence-electron chi connectivity index (χ3n) is 3.56. The zero-order chi connectivity index (χ0) is 14.1. The molecule has 2 nitrogen and oxygen atoms in total. The Morgan fingerprint density at radius 2 is 1.50 bits per heavy atom. The molecule has 0 aliphatic carbocycles. The molecule has 1 heterocycles. The second-order valence-electron chi connectivity index (χ2n) is 7.33. The molecule has 0 spiro atoms. The summed E-state index contributed by atoms with van der Waals surface area (Å²) in [5.41, 5.74) is 2.84. The molecule has 0 N–H and O–H groups in total. The van der Waals surface area contributed by atoms with Crippen molar-refractivity contribution in [2.24, 2.45) is 0 Å². The van der Waals surface area contributed by atoms with E-state index in [0.29, 0.717) is 6.85 Å². The van der Waals surface area contributed by atoms with Gasteiger partial charge in [-0.1, -0.05) is 68.0 Å². The maximum atomic E-state index is 4.91. The molecule has 0 radical (unpaired) electrons. The van der Waals surface area contributed by atoms with E-state index in [1.807, 2.05) is 0 Å². The van der Waals surface area contributed by atoms with Crippen LogP contribution in [0.5, 0.6) is 0 Å². The first kappa shape index (κ1) is 15.3. The van der Waals surface area contributed by atoms with Crippen LogP contribution in [0, 0.1) is 0 Å². The second-order valence-corrected chi connectivity index (χ2v) is 7.33. The minimum absolute atomic E-state index is 0.122. The summed E-state index contributed by atoms with van der Waals surface area (Å²) >= 11 is 0. The average Bonchev–Trinajstić information content (AvgIpc) is 2.63. The molecule has 0 aromatic carbocycles. The van der Waals surface area contributed by atoms with E-state index in [-0.39, 0.29) is 10.8 Å². The van der Waals surface area contributed by atoms with Crippen molar-refractivity contribution in [1.82, 2.24) is 9.69 Å². The number of hydrogen-bond acceptors (Lipinski definition) is 1. The van der Waals surface area contributed by atoms with Crippen molar-refractivity contribution in [3.63, 3.8) is 0 Å². The van der Waals surface area contributed by atoms with E-state index >= 15 is 0 Å². The maximum absolute atomic E-state index is 4.91. The third-order valence-corrected chi connectivity index (χ3v) is 3.56. The summed E-state index contributed by atoms with van der Waals surface area (Å²) in [7, 11) is 0. The predicted octanol–water partition coefficient (Wildman–Crippen LogP) is 4.36. The van der Waals surface area contributed by atoms with Crippen molar-refractivity contribution in [2.45, 2.75) is 78.9 Å². The van der Waals surface area contributed by atoms with Gasteiger partial charge in [-0.3, -0.25) is 0 Å². The average molecular weight is 248 g/mol. The Bertz CT molecular complexity index is 390. The number of rotatable bonds is 3. The minimum atomic E-state index is 0.122. The molecule has 18 heavy (non-hydrogen) atoms. The molecule has 102 valence electrons. The van der Waals surface area contributed by atoms with Crippen LogP contribution in [-0.2, 0) is 10.8 Å². The van der Waals surface area contributed by atoms with Gasteiger partial charge < -0.3 is 4.59 Å². The summed E-state index contributed by atoms with van der Waals surface area (Å²) in [6, 6.07) is 2.30. The summed E-state index contributed by atoms with van der Waals surface area (Å²) < 4.78 is 2.28. The van der Waals surface area contributed by atoms with Crippen molar-refractivity contribution < 1.29 is 0 Å². The molecule has 0 aliphatic heterocycles. The highest BCUT2D eigenvalue weighted by molar-refractivity contribution is 6.56. The van der Waals surface area contributed by atoms with E-state index < -0.39 is 0 Å². The van der Waals surface area contributed by atoms with Gasteiger partial charge in [0.15, 0.2) is 0 Å². The number of hydrogen-bond donors (Lipinski definition) is 0. The normalized spacial score (nSPS) is 12.9. The number of aromatic nitrogens is 2. The Kier molecular flexibility index (Phi) is 4.35. The van der Waals surface area contributed by atoms with Crippen LogP contribution in [0.3, 0.4) is 0 Å². The molecule has 0 amide bonds. The van der Waals surface area contributed by atoms with Gasteiger partial charge in [0.05, 0.1) is 5.69 Å². The molecule has 3 heteroatoms. The lowest BCUT2D eigenvalue weighted by atomic mass is 9.57. The molecule has 1 aromatic rings. The Labute approximate surface area is 113 Å². The van der Waals surface area contributed by atoms with Crippen molar-refractivity contribution in [1.29, 1.82) is 0 Å². The van der Waals surface area contributed by atoms with Gasteiger partial charge in [-0.15, -0.1) is 0 Å². The molecule has 0 bridgehead atoms. The SMILES string of the molecule is CCB(CC)n1nc(C(C)(C)C)cc1C(C)(C)C. The molecule has 0 aliphatic rings. The minimum Gasteiger partial charge on any atom is -0.314 e. The van der Waals surface area contributed by atoms with E-state index in [1.165, 1.54) is 11.4 Å². The van der Waals surface area contributed by atoms with Gasteiger partial charge in [0.1, 0.15) is 0 Å². The monoisotopic (exact) mass is 248 g/mol. The van der Waals surface area contributed by atoms with Gasteiger partial charge in [0.2, 0.25) is 0 Å². The summed E-state index contributed by atoms with van der Waals surface area (Å²) in [6.45, 7) is 18.5. The molecular weight excluding hydrogens is 219 g/mol. The lowest BCUT2D eigenvalue weighted by Crippen LogP contribution is -2.30. The highest BCUT2D eigenvalue weighted by Crippen LogP contribution is 2.29. The Balaban J connectivity index is 3.35. The molecule has 1 aromatic heterocycles. The number of nitrogens with zero attached hydrogens (tertiary/aromatic N) is 2. The zero-order valence-electron chi connectivity index (χ0n) is 13.5. The Hall–Kier alpha value is -0.725. The highest BCUT2D eigenvalue weighted by Gasteiger charge is 2.28. The van der Waals surface area contributed by atoms with Gasteiger partial charge in [-0.25, -0.2) is 0 Å². The largest absolute Gasteiger partial charge is 0.314 e. The predicted molar refractivity (Wildman–Crippen MR) is 81.7 cm³/mol. The Morgan fingerprint density at radius 1 is 1.00 bits per heavy atom. The topological polar surface area (TPSA) is 17.8 Å². The fraction of sp³-hybridized carbons (Fsp3) is 0.800. The van der Waals surface area contributed by atoms with Gasteiger partial charge in [-0.05, 0) is 6.07 Å². The van der Waals surface area contributed by atoms with Crippen molar-refractivity contribution in [3.8, 4) is 0 Å². The fourth-order valence-electron chi connectivity index (χ4n) is 2.23. The first-order valence-electron chi connectivity index (χ1n) is 7.21. The van der Waals surface area contributed by atoms with Gasteiger partial charge in [0.25, 0.3) is 6.85 Å². The summed E-state index contributed by atoms with van der Waals surface area (Å²) in [5.74, 6) is 0. The van der Waals surface area contributed by atoms with Crippen LogP contribution in [0.4, 0.5) is 0 Å². The van der Waals surface area contributed by atoms with Crippen LogP contribution in [0.25, 0.3) is 0 Å². The van der Waals surface area contributed by atoms with E-state index in [2.05, 4.69) is 66.0 Å². The lowest BCUT2D eigenvalue weighted by molar-refractivity contribution is 0.547. The molecular formula is C15H29BN2. The van der Waals surface area contributed by atoms with Crippen LogP contribution in [0.1, 0.15) is 66.8 Å². The molecule has 0 atom stereocenters. The smallest absolute Gasteiger partial charge is 0.283 e. The van der Waals surface area contributed by atoms with Crippen LogP contribution < -0.4 is 0 Å². The van der Waals surface area contributed by atoms with Crippen molar-refractivity contribution in [2.75, 3.05) is 0 Å². The van der Waals surface area contributed by atoms with Crippen molar-refractivity contribution in [3.05, 3.63) is 17.5 Å². The third kappa shape index (κ3) is 3.18. The van der Waals surface area contributed by atoms with Gasteiger partial charge in [-0.2, -0.15) is 5.10 Å². The molecule has 0 saturated heterocycles. The van der Waals surface area contributed by atoms with E-state index in [1.54, 1.807) is 0 Å². The quantitative estimate of drug-likeness (QED) is 0.727. The summed E-state index contributed by atoms with van der Waals surface area (Å²) in [5, 5.41) is 4.91. The van der Waals surface area contributed by atoms with Gasteiger partial charge >= 0.3 is 0 Å². The molecule has 0 fully saturated rings. The van der Waals surface area contributed by atoms with Crippen LogP contribution in [0.2, 0.25) is 12.6 Å². The van der Waals surface area contributed by atoms with Crippen molar-refractivity contribution >= 4 is 6.85 Å². The van der Waals surface area contributed by atoms with E-state index in [0.717, 1.165) is 12.6 Å². The summed E-state index contributed by atoms with van der Waals surface area (Å²) in [4.78, 5) is 0. The van der Waals surface area contributed by atoms with Gasteiger partial charge in [0, 0.05) is 16.5 Å². The van der Waals surface area contributed by atoms with Crippen LogP contribution in [-0.4, -0.2) is 16.5 Å². The van der Waals surface area contributed by atoms with E-state index in [9.17, 15) is 0 Å². The first-order valence-corrected chi connectivity index (χ1v) is 7.21. The lowest BCUT2D eigenvalue weighted by Gasteiger charge is -2.23. The fourth-order valence-corrected chi connectivity index (χ4v) is 2.23. The van der Waals surface area contributed by atoms with E-state index in [4.69, 9.17) is 5.10 Å². The van der Waals surface area contributed by atoms with Crippen LogP contribution >= 0.6 is 0 Å².